The number of imide groups is 1. The zero-order valence-corrected chi connectivity index (χ0v) is 15.6. The monoisotopic (exact) mass is 390 g/mol. The molecule has 4 aliphatic heterocycles. The predicted molar refractivity (Wildman–Crippen MR) is 102 cm³/mol. The lowest BCUT2D eigenvalue weighted by Crippen LogP contribution is -2.45. The summed E-state index contributed by atoms with van der Waals surface area (Å²) in [5, 5.41) is 4.29. The van der Waals surface area contributed by atoms with Crippen molar-refractivity contribution >= 4 is 23.2 Å². The van der Waals surface area contributed by atoms with E-state index < -0.39 is 24.0 Å². The maximum atomic E-state index is 13.3. The minimum atomic E-state index is -0.527. The minimum absolute atomic E-state index is 0.142. The van der Waals surface area contributed by atoms with Gasteiger partial charge in [0.15, 0.2) is 6.10 Å². The van der Waals surface area contributed by atoms with Crippen LogP contribution in [-0.2, 0) is 19.2 Å². The van der Waals surface area contributed by atoms with Crippen LogP contribution in [0, 0.1) is 17.8 Å². The van der Waals surface area contributed by atoms with E-state index in [-0.39, 0.29) is 23.8 Å². The summed E-state index contributed by atoms with van der Waals surface area (Å²) in [6.45, 7) is 0. The summed E-state index contributed by atoms with van der Waals surface area (Å²) in [5.74, 6) is -0.949. The van der Waals surface area contributed by atoms with E-state index in [0.29, 0.717) is 11.4 Å². The van der Waals surface area contributed by atoms with Crippen molar-refractivity contribution in [3.05, 3.63) is 60.2 Å². The molecule has 2 aromatic carbocycles. The van der Waals surface area contributed by atoms with Crippen LogP contribution in [0.1, 0.15) is 5.56 Å². The Kier molecular flexibility index (Phi) is 3.41. The van der Waals surface area contributed by atoms with E-state index in [2.05, 4.69) is 5.16 Å². The van der Waals surface area contributed by atoms with E-state index >= 15 is 0 Å². The zero-order valence-electron chi connectivity index (χ0n) is 15.6. The number of methoxy groups -OCH3 is 1. The fraction of sp³-hybridized carbons (Fsp3) is 0.318. The number of ether oxygens (including phenoxy) is 2. The molecular formula is C22H18N2O5. The standard InChI is InChI=1S/C22H18N2O5/c1-27-13-9-7-12(8-10-13)24-21(25)14-15(22(24)26)19-20-16(18(14)28-19)17(23-29-20)11-5-3-2-4-6-11/h2-10,14-16,18-20H,1H3. The van der Waals surface area contributed by atoms with Gasteiger partial charge in [0, 0.05) is 0 Å². The van der Waals surface area contributed by atoms with Crippen LogP contribution in [0.25, 0.3) is 0 Å². The lowest BCUT2D eigenvalue weighted by Gasteiger charge is -2.26. The number of nitrogens with zero attached hydrogens (tertiary/aromatic N) is 2. The van der Waals surface area contributed by atoms with Crippen LogP contribution >= 0.6 is 0 Å². The summed E-state index contributed by atoms with van der Waals surface area (Å²) < 4.78 is 11.3. The van der Waals surface area contributed by atoms with E-state index in [1.807, 2.05) is 30.3 Å². The van der Waals surface area contributed by atoms with Gasteiger partial charge in [-0.05, 0) is 29.8 Å². The van der Waals surface area contributed by atoms with Gasteiger partial charge in [-0.15, -0.1) is 0 Å². The van der Waals surface area contributed by atoms with Gasteiger partial charge in [0.2, 0.25) is 11.8 Å². The number of rotatable bonds is 3. The Morgan fingerprint density at radius 2 is 1.55 bits per heavy atom. The van der Waals surface area contributed by atoms with Gasteiger partial charge in [0.05, 0.1) is 42.4 Å². The smallest absolute Gasteiger partial charge is 0.240 e. The Morgan fingerprint density at radius 1 is 0.862 bits per heavy atom. The second-order valence-electron chi connectivity index (χ2n) is 7.77. The van der Waals surface area contributed by atoms with E-state index in [9.17, 15) is 9.59 Å². The highest BCUT2D eigenvalue weighted by atomic mass is 16.7. The summed E-state index contributed by atoms with van der Waals surface area (Å²) >= 11 is 0. The summed E-state index contributed by atoms with van der Waals surface area (Å²) in [6, 6.07) is 16.7. The van der Waals surface area contributed by atoms with Crippen LogP contribution in [0.15, 0.2) is 59.8 Å². The van der Waals surface area contributed by atoms with E-state index in [0.717, 1.165) is 11.3 Å². The number of oxime groups is 1. The number of carbonyl (C=O) groups is 2. The Labute approximate surface area is 166 Å². The van der Waals surface area contributed by atoms with Gasteiger partial charge in [-0.25, -0.2) is 4.90 Å². The van der Waals surface area contributed by atoms with Gasteiger partial charge in [-0.2, -0.15) is 0 Å². The number of benzene rings is 2. The first-order valence-corrected chi connectivity index (χ1v) is 9.65. The fourth-order valence-corrected chi connectivity index (χ4v) is 5.19. The molecule has 0 aliphatic carbocycles. The molecule has 0 N–H and O–H groups in total. The largest absolute Gasteiger partial charge is 0.497 e. The molecule has 6 unspecified atom stereocenters. The van der Waals surface area contributed by atoms with Gasteiger partial charge in [-0.3, -0.25) is 9.59 Å². The van der Waals surface area contributed by atoms with Crippen molar-refractivity contribution in [3.8, 4) is 5.75 Å². The third-order valence-electron chi connectivity index (χ3n) is 6.44. The molecule has 4 aliphatic rings. The molecule has 0 aromatic heterocycles. The van der Waals surface area contributed by atoms with Crippen LogP contribution in [0.5, 0.6) is 5.75 Å². The van der Waals surface area contributed by atoms with Crippen molar-refractivity contribution in [2.45, 2.75) is 18.3 Å². The normalized spacial score (nSPS) is 34.1. The summed E-state index contributed by atoms with van der Waals surface area (Å²) in [5.41, 5.74) is 2.30. The van der Waals surface area contributed by atoms with E-state index in [4.69, 9.17) is 14.3 Å². The molecule has 2 bridgehead atoms. The molecule has 7 heteroatoms. The average Bonchev–Trinajstić information content (AvgIpc) is 3.49. The molecule has 3 saturated heterocycles. The fourth-order valence-electron chi connectivity index (χ4n) is 5.19. The van der Waals surface area contributed by atoms with Crippen LogP contribution in [0.3, 0.4) is 0 Å². The van der Waals surface area contributed by atoms with Gasteiger partial charge in [0.1, 0.15) is 11.9 Å². The summed E-state index contributed by atoms with van der Waals surface area (Å²) in [7, 11) is 1.57. The number of carbonyl (C=O) groups excluding carboxylic acids is 2. The Morgan fingerprint density at radius 3 is 2.24 bits per heavy atom. The molecule has 7 nitrogen and oxygen atoms in total. The van der Waals surface area contributed by atoms with Gasteiger partial charge in [-0.1, -0.05) is 35.5 Å². The van der Waals surface area contributed by atoms with Gasteiger partial charge in [0.25, 0.3) is 0 Å². The van der Waals surface area contributed by atoms with E-state index in [1.165, 1.54) is 4.90 Å². The molecule has 0 radical (unpaired) electrons. The van der Waals surface area contributed by atoms with Crippen LogP contribution in [0.2, 0.25) is 0 Å². The molecule has 146 valence electrons. The minimum Gasteiger partial charge on any atom is -0.497 e. The third kappa shape index (κ3) is 2.13. The second-order valence-corrected chi connectivity index (χ2v) is 7.77. The quantitative estimate of drug-likeness (QED) is 0.750. The number of hydrogen-bond acceptors (Lipinski definition) is 6. The number of hydrogen-bond donors (Lipinski definition) is 0. The maximum Gasteiger partial charge on any atom is 0.240 e. The Hall–Kier alpha value is -3.19. The topological polar surface area (TPSA) is 77.4 Å². The van der Waals surface area contributed by atoms with Crippen LogP contribution in [0.4, 0.5) is 5.69 Å². The average molecular weight is 390 g/mol. The molecule has 2 amide bonds. The van der Waals surface area contributed by atoms with Crippen LogP contribution < -0.4 is 9.64 Å². The second kappa shape index (κ2) is 5.90. The molecule has 0 saturated carbocycles. The molecule has 0 spiro atoms. The van der Waals surface area contributed by atoms with E-state index in [1.54, 1.807) is 31.4 Å². The Balaban J connectivity index is 1.34. The predicted octanol–water partition coefficient (Wildman–Crippen LogP) is 2.00. The number of anilines is 1. The SMILES string of the molecule is COc1ccc(N2C(=O)C3C4OC(C5C(c6ccccc6)=NOC45)C3C2=O)cc1. The molecule has 3 fully saturated rings. The molecular weight excluding hydrogens is 372 g/mol. The lowest BCUT2D eigenvalue weighted by atomic mass is 9.71. The summed E-state index contributed by atoms with van der Waals surface area (Å²) in [6.07, 6.45) is -1.19. The first kappa shape index (κ1) is 16.7. The van der Waals surface area contributed by atoms with Gasteiger partial charge >= 0.3 is 0 Å². The summed E-state index contributed by atoms with van der Waals surface area (Å²) in [4.78, 5) is 33.5. The highest BCUT2D eigenvalue weighted by Crippen LogP contribution is 2.55. The van der Waals surface area contributed by atoms with Crippen molar-refractivity contribution in [1.29, 1.82) is 0 Å². The van der Waals surface area contributed by atoms with Gasteiger partial charge < -0.3 is 14.3 Å². The van der Waals surface area contributed by atoms with Crippen molar-refractivity contribution in [1.82, 2.24) is 0 Å². The zero-order chi connectivity index (χ0) is 19.7. The first-order chi connectivity index (χ1) is 14.2. The molecule has 4 heterocycles. The molecule has 2 aromatic rings. The molecule has 6 rings (SSSR count). The number of fused-ring (bicyclic) bond motifs is 8. The first-order valence-electron chi connectivity index (χ1n) is 9.65. The Bertz CT molecular complexity index is 1030. The number of amides is 2. The molecule has 6 atom stereocenters. The highest BCUT2D eigenvalue weighted by molar-refractivity contribution is 6.23. The lowest BCUT2D eigenvalue weighted by molar-refractivity contribution is -0.125. The third-order valence-corrected chi connectivity index (χ3v) is 6.44. The van der Waals surface area contributed by atoms with Crippen molar-refractivity contribution in [3.63, 3.8) is 0 Å². The van der Waals surface area contributed by atoms with Crippen LogP contribution in [-0.4, -0.2) is 42.9 Å². The van der Waals surface area contributed by atoms with Crippen molar-refractivity contribution < 1.29 is 23.9 Å². The van der Waals surface area contributed by atoms with Crippen molar-refractivity contribution in [2.24, 2.45) is 22.9 Å². The van der Waals surface area contributed by atoms with Crippen molar-refractivity contribution in [2.75, 3.05) is 12.0 Å². The maximum absolute atomic E-state index is 13.3. The highest BCUT2D eigenvalue weighted by Gasteiger charge is 2.72. The molecule has 29 heavy (non-hydrogen) atoms.